The molecule has 18 heavy (non-hydrogen) atoms. The third-order valence-corrected chi connectivity index (χ3v) is 5.51. The van der Waals surface area contributed by atoms with Crippen LogP contribution >= 0.6 is 12.4 Å². The van der Waals surface area contributed by atoms with Crippen molar-refractivity contribution in [2.24, 2.45) is 11.1 Å². The van der Waals surface area contributed by atoms with E-state index in [1.54, 1.807) is 11.2 Å². The first-order valence-corrected chi connectivity index (χ1v) is 7.56. The molecule has 0 spiro atoms. The lowest BCUT2D eigenvalue weighted by Gasteiger charge is -2.42. The highest BCUT2D eigenvalue weighted by molar-refractivity contribution is 7.89. The second-order valence-electron chi connectivity index (χ2n) is 5.54. The van der Waals surface area contributed by atoms with Crippen molar-refractivity contribution in [1.29, 1.82) is 0 Å². The van der Waals surface area contributed by atoms with Crippen LogP contribution < -0.4 is 5.73 Å². The van der Waals surface area contributed by atoms with Crippen LogP contribution in [-0.4, -0.2) is 50.8 Å². The van der Waals surface area contributed by atoms with Crippen molar-refractivity contribution in [2.75, 3.05) is 26.0 Å². The monoisotopic (exact) mass is 300 g/mol. The fourth-order valence-electron chi connectivity index (χ4n) is 2.03. The zero-order valence-electron chi connectivity index (χ0n) is 11.5. The Morgan fingerprint density at radius 2 is 2.06 bits per heavy atom. The number of ether oxygens (including phenoxy) is 1. The van der Waals surface area contributed by atoms with Gasteiger partial charge in [0.05, 0.1) is 11.9 Å². The highest BCUT2D eigenvalue weighted by Crippen LogP contribution is 2.29. The van der Waals surface area contributed by atoms with Crippen molar-refractivity contribution in [1.82, 2.24) is 4.31 Å². The van der Waals surface area contributed by atoms with E-state index in [9.17, 15) is 8.42 Å². The zero-order chi connectivity index (χ0) is 13.3. The van der Waals surface area contributed by atoms with Crippen LogP contribution in [0.1, 0.15) is 27.2 Å². The first-order chi connectivity index (χ1) is 7.69. The van der Waals surface area contributed by atoms with Gasteiger partial charge in [0.2, 0.25) is 10.0 Å². The lowest BCUT2D eigenvalue weighted by Crippen LogP contribution is -2.54. The van der Waals surface area contributed by atoms with Crippen molar-refractivity contribution in [3.05, 3.63) is 0 Å². The SMILES string of the molecule is COC(C)CS(=O)(=O)N1CCC(N)C(C)(C)C1.Cl. The Morgan fingerprint density at radius 3 is 2.50 bits per heavy atom. The molecule has 1 saturated heterocycles. The fraction of sp³-hybridized carbons (Fsp3) is 1.00. The van der Waals surface area contributed by atoms with Crippen LogP contribution in [0.5, 0.6) is 0 Å². The number of sulfonamides is 1. The molecule has 0 aromatic rings. The van der Waals surface area contributed by atoms with Gasteiger partial charge in [-0.3, -0.25) is 0 Å². The number of halogens is 1. The van der Waals surface area contributed by atoms with Gasteiger partial charge >= 0.3 is 0 Å². The van der Waals surface area contributed by atoms with Crippen LogP contribution in [0.25, 0.3) is 0 Å². The quantitative estimate of drug-likeness (QED) is 0.835. The molecule has 110 valence electrons. The van der Waals surface area contributed by atoms with Gasteiger partial charge in [-0.25, -0.2) is 12.7 Å². The van der Waals surface area contributed by atoms with Crippen LogP contribution in [0.4, 0.5) is 0 Å². The summed E-state index contributed by atoms with van der Waals surface area (Å²) in [5.74, 6) is 0.0365. The molecule has 1 aliphatic rings. The smallest absolute Gasteiger partial charge is 0.216 e. The average molecular weight is 301 g/mol. The summed E-state index contributed by atoms with van der Waals surface area (Å²) >= 11 is 0. The third-order valence-electron chi connectivity index (χ3n) is 3.52. The van der Waals surface area contributed by atoms with Gasteiger partial charge in [0.25, 0.3) is 0 Å². The molecule has 1 heterocycles. The molecule has 0 saturated carbocycles. The van der Waals surface area contributed by atoms with Gasteiger partial charge in [-0.2, -0.15) is 0 Å². The van der Waals surface area contributed by atoms with E-state index in [0.29, 0.717) is 19.5 Å². The molecule has 1 rings (SSSR count). The minimum Gasteiger partial charge on any atom is -0.381 e. The molecule has 0 bridgehead atoms. The summed E-state index contributed by atoms with van der Waals surface area (Å²) in [5, 5.41) is 0. The number of hydrogen-bond donors (Lipinski definition) is 1. The first-order valence-electron chi connectivity index (χ1n) is 5.95. The Bertz CT molecular complexity index is 359. The van der Waals surface area contributed by atoms with Crippen LogP contribution in [-0.2, 0) is 14.8 Å². The molecule has 2 N–H and O–H groups in total. The molecule has 2 unspecified atom stereocenters. The van der Waals surface area contributed by atoms with Crippen LogP contribution in [0.15, 0.2) is 0 Å². The van der Waals surface area contributed by atoms with E-state index >= 15 is 0 Å². The highest BCUT2D eigenvalue weighted by Gasteiger charge is 2.38. The molecular formula is C11H25ClN2O3S. The maximum atomic E-state index is 12.2. The Kier molecular flexibility index (Phi) is 6.56. The molecule has 0 aromatic carbocycles. The van der Waals surface area contributed by atoms with Gasteiger partial charge in [0, 0.05) is 26.2 Å². The van der Waals surface area contributed by atoms with Crippen molar-refractivity contribution in [3.8, 4) is 0 Å². The number of methoxy groups -OCH3 is 1. The Morgan fingerprint density at radius 1 is 1.50 bits per heavy atom. The van der Waals surface area contributed by atoms with Gasteiger partial charge in [0.15, 0.2) is 0 Å². The van der Waals surface area contributed by atoms with Crippen LogP contribution in [0, 0.1) is 5.41 Å². The maximum absolute atomic E-state index is 12.2. The Balaban J connectivity index is 0.00000289. The van der Waals surface area contributed by atoms with Gasteiger partial charge in [-0.1, -0.05) is 13.8 Å². The molecule has 0 radical (unpaired) electrons. The van der Waals surface area contributed by atoms with Crippen molar-refractivity contribution in [3.63, 3.8) is 0 Å². The summed E-state index contributed by atoms with van der Waals surface area (Å²) in [7, 11) is -1.71. The second kappa shape index (κ2) is 6.52. The lowest BCUT2D eigenvalue weighted by atomic mass is 9.81. The highest BCUT2D eigenvalue weighted by atomic mass is 35.5. The standard InChI is InChI=1S/C11H24N2O3S.ClH/c1-9(16-4)7-17(14,15)13-6-5-10(12)11(2,3)8-13;/h9-10H,5-8,12H2,1-4H3;1H. The normalized spacial score (nSPS) is 26.4. The molecule has 0 amide bonds. The number of nitrogens with zero attached hydrogens (tertiary/aromatic N) is 1. The van der Waals surface area contributed by atoms with E-state index in [1.165, 1.54) is 7.11 Å². The molecule has 0 aliphatic carbocycles. The number of nitrogens with two attached hydrogens (primary N) is 1. The van der Waals surface area contributed by atoms with Gasteiger partial charge in [-0.05, 0) is 18.8 Å². The fourth-order valence-corrected chi connectivity index (χ4v) is 3.89. The van der Waals surface area contributed by atoms with Crippen molar-refractivity contribution >= 4 is 22.4 Å². The van der Waals surface area contributed by atoms with Gasteiger partial charge in [0.1, 0.15) is 0 Å². The summed E-state index contributed by atoms with van der Waals surface area (Å²) in [6, 6.07) is 0.0637. The molecule has 5 nitrogen and oxygen atoms in total. The molecule has 1 fully saturated rings. The number of rotatable bonds is 4. The number of hydrogen-bond acceptors (Lipinski definition) is 4. The maximum Gasteiger partial charge on any atom is 0.216 e. The summed E-state index contributed by atoms with van der Waals surface area (Å²) in [6.07, 6.45) is 0.437. The Hall–Kier alpha value is 0.120. The molecule has 7 heteroatoms. The predicted octanol–water partition coefficient (Wildman–Crippen LogP) is 0.832. The minimum atomic E-state index is -3.24. The van der Waals surface area contributed by atoms with Crippen LogP contribution in [0.3, 0.4) is 0 Å². The molecule has 1 aliphatic heterocycles. The summed E-state index contributed by atoms with van der Waals surface area (Å²) in [6.45, 7) is 6.80. The first kappa shape index (κ1) is 18.1. The summed E-state index contributed by atoms with van der Waals surface area (Å²) in [4.78, 5) is 0. The topological polar surface area (TPSA) is 72.6 Å². The molecule has 2 atom stereocenters. The second-order valence-corrected chi connectivity index (χ2v) is 7.56. The van der Waals surface area contributed by atoms with Gasteiger partial charge < -0.3 is 10.5 Å². The average Bonchev–Trinajstić information content (AvgIpc) is 2.21. The summed E-state index contributed by atoms with van der Waals surface area (Å²) in [5.41, 5.74) is 5.83. The lowest BCUT2D eigenvalue weighted by molar-refractivity contribution is 0.129. The largest absolute Gasteiger partial charge is 0.381 e. The Labute approximate surface area is 117 Å². The van der Waals surface area contributed by atoms with E-state index in [2.05, 4.69) is 0 Å². The minimum absolute atomic E-state index is 0. The van der Waals surface area contributed by atoms with Crippen molar-refractivity contribution < 1.29 is 13.2 Å². The van der Waals surface area contributed by atoms with Crippen molar-refractivity contribution in [2.45, 2.75) is 39.3 Å². The predicted molar refractivity (Wildman–Crippen MR) is 75.5 cm³/mol. The van der Waals surface area contributed by atoms with E-state index in [4.69, 9.17) is 10.5 Å². The van der Waals surface area contributed by atoms with E-state index in [0.717, 1.165) is 0 Å². The molecule has 0 aromatic heterocycles. The third kappa shape index (κ3) is 4.35. The van der Waals surface area contributed by atoms with E-state index in [1.807, 2.05) is 13.8 Å². The van der Waals surface area contributed by atoms with Gasteiger partial charge in [-0.15, -0.1) is 12.4 Å². The number of piperidine rings is 1. The zero-order valence-corrected chi connectivity index (χ0v) is 13.2. The summed E-state index contributed by atoms with van der Waals surface area (Å²) < 4.78 is 30.9. The van der Waals surface area contributed by atoms with Crippen LogP contribution in [0.2, 0.25) is 0 Å². The van der Waals surface area contributed by atoms with E-state index < -0.39 is 10.0 Å². The molecular weight excluding hydrogens is 276 g/mol. The van der Waals surface area contributed by atoms with E-state index in [-0.39, 0.29) is 35.7 Å².